The average Bonchev–Trinajstić information content (AvgIpc) is 3.89. The SMILES string of the molecule is O=S(=O)(c1ccccc1)[C@@H]1CCC2=Cc3c(cnn3-c3ccc(F)cc3)C[C@]2(CO)C1.OC[C@]12Cc3cnn(-c4ccc(F)cc4)c3C=C1CC[C@@H](Sc1ccccc1)C2. The zero-order valence-electron chi connectivity index (χ0n) is 33.0. The quantitative estimate of drug-likeness (QED) is 0.157. The van der Waals surface area contributed by atoms with Crippen LogP contribution in [0, 0.1) is 22.5 Å². The highest BCUT2D eigenvalue weighted by Crippen LogP contribution is 2.52. The fraction of sp³-hybridized carbons (Fsp3) is 0.292. The molecule has 0 spiro atoms. The van der Waals surface area contributed by atoms with Crippen LogP contribution in [0.2, 0.25) is 0 Å². The number of aliphatic hydroxyl groups excluding tert-OH is 2. The van der Waals surface area contributed by atoms with E-state index in [4.69, 9.17) is 0 Å². The Morgan fingerprint density at radius 3 is 1.65 bits per heavy atom. The van der Waals surface area contributed by atoms with Crippen LogP contribution in [0.1, 0.15) is 61.0 Å². The molecule has 2 N–H and O–H groups in total. The van der Waals surface area contributed by atoms with E-state index in [9.17, 15) is 27.4 Å². The number of aliphatic hydroxyl groups is 2. The summed E-state index contributed by atoms with van der Waals surface area (Å²) < 4.78 is 56.8. The van der Waals surface area contributed by atoms with E-state index in [0.717, 1.165) is 65.1 Å². The highest BCUT2D eigenvalue weighted by molar-refractivity contribution is 8.00. The maximum absolute atomic E-state index is 13.3. The first-order chi connectivity index (χ1) is 29.1. The number of fused-ring (bicyclic) bond motifs is 4. The van der Waals surface area contributed by atoms with E-state index in [1.54, 1.807) is 65.5 Å². The van der Waals surface area contributed by atoms with Crippen molar-refractivity contribution < 1.29 is 27.4 Å². The maximum Gasteiger partial charge on any atom is 0.181 e. The smallest absolute Gasteiger partial charge is 0.181 e. The summed E-state index contributed by atoms with van der Waals surface area (Å²) in [6.45, 7) is 0.0483. The normalized spacial score (nSPS) is 23.1. The summed E-state index contributed by atoms with van der Waals surface area (Å²) in [5, 5.41) is 29.8. The van der Waals surface area contributed by atoms with Gasteiger partial charge in [0.2, 0.25) is 0 Å². The van der Waals surface area contributed by atoms with Crippen molar-refractivity contribution in [3.8, 4) is 11.4 Å². The van der Waals surface area contributed by atoms with Gasteiger partial charge in [0, 0.05) is 21.0 Å². The van der Waals surface area contributed by atoms with Crippen LogP contribution in [0.3, 0.4) is 0 Å². The topological polar surface area (TPSA) is 110 Å². The largest absolute Gasteiger partial charge is 0.395 e. The number of thioether (sulfide) groups is 1. The number of hydrogen-bond acceptors (Lipinski definition) is 7. The fourth-order valence-electron chi connectivity index (χ4n) is 9.63. The molecule has 0 radical (unpaired) electrons. The van der Waals surface area contributed by atoms with Crippen molar-refractivity contribution in [2.45, 2.75) is 71.7 Å². The standard InChI is InChI=1S/C24H23FN2O3S.C24H23FN2OS/c25-19-7-9-20(10-8-19)27-23-12-18-6-11-22(31(29,30)21-4-2-1-3-5-21)14-24(18,16-28)13-17(23)15-26-27;25-19-7-9-20(10-8-19)27-23-12-18-6-11-22(29-21-4-2-1-3-5-21)14-24(18,16-28)13-17(23)15-26-27/h1-5,7-10,12,15,22,28H,6,11,13-14,16H2;1-5,7-10,12,15,22,28H,6,11,13-14,16H2/t2*22-,24-/m11/s1. The fourth-order valence-corrected chi connectivity index (χ4v) is 12.9. The van der Waals surface area contributed by atoms with Gasteiger partial charge in [-0.2, -0.15) is 10.2 Å². The van der Waals surface area contributed by atoms with Crippen LogP contribution in [-0.4, -0.2) is 61.9 Å². The molecule has 0 unspecified atom stereocenters. The third-order valence-corrected chi connectivity index (χ3v) is 16.3. The molecule has 4 aromatic carbocycles. The van der Waals surface area contributed by atoms with Crippen LogP contribution in [0.4, 0.5) is 8.78 Å². The Bertz CT molecular complexity index is 2660. The lowest BCUT2D eigenvalue weighted by Crippen LogP contribution is -2.42. The number of aromatic nitrogens is 4. The predicted octanol–water partition coefficient (Wildman–Crippen LogP) is 9.23. The van der Waals surface area contributed by atoms with Gasteiger partial charge in [-0.3, -0.25) is 0 Å². The van der Waals surface area contributed by atoms with Crippen molar-refractivity contribution in [1.82, 2.24) is 19.6 Å². The lowest BCUT2D eigenvalue weighted by Gasteiger charge is -2.44. The molecule has 0 amide bonds. The molecule has 4 atom stereocenters. The summed E-state index contributed by atoms with van der Waals surface area (Å²) in [4.78, 5) is 1.62. The second kappa shape index (κ2) is 16.4. The summed E-state index contributed by atoms with van der Waals surface area (Å²) in [7, 11) is -3.47. The molecule has 2 saturated carbocycles. The van der Waals surface area contributed by atoms with Crippen molar-refractivity contribution in [2.24, 2.45) is 10.8 Å². The zero-order valence-corrected chi connectivity index (χ0v) is 34.6. The van der Waals surface area contributed by atoms with E-state index in [1.807, 2.05) is 34.8 Å². The molecular formula is C48H46F2N4O4S2. The van der Waals surface area contributed by atoms with E-state index >= 15 is 0 Å². The van der Waals surface area contributed by atoms with Gasteiger partial charge < -0.3 is 10.2 Å². The summed E-state index contributed by atoms with van der Waals surface area (Å²) in [6, 6.07) is 31.7. The molecule has 0 saturated heterocycles. The lowest BCUT2D eigenvalue weighted by atomic mass is 9.65. The van der Waals surface area contributed by atoms with Crippen LogP contribution in [0.5, 0.6) is 0 Å². The summed E-state index contributed by atoms with van der Waals surface area (Å²) in [5.74, 6) is -0.554. The minimum absolute atomic E-state index is 0.110. The van der Waals surface area contributed by atoms with Gasteiger partial charge in [0.25, 0.3) is 0 Å². The summed E-state index contributed by atoms with van der Waals surface area (Å²) in [5.41, 5.74) is 7.28. The minimum atomic E-state index is -3.47. The van der Waals surface area contributed by atoms with Crippen molar-refractivity contribution in [3.63, 3.8) is 0 Å². The van der Waals surface area contributed by atoms with Crippen LogP contribution in [-0.2, 0) is 22.7 Å². The van der Waals surface area contributed by atoms with Crippen LogP contribution in [0.15, 0.2) is 143 Å². The molecular weight excluding hydrogens is 799 g/mol. The molecule has 308 valence electrons. The molecule has 4 aliphatic carbocycles. The Hall–Kier alpha value is -5.14. The van der Waals surface area contributed by atoms with Gasteiger partial charge in [-0.1, -0.05) is 47.5 Å². The highest BCUT2D eigenvalue weighted by atomic mass is 32.2. The first-order valence-electron chi connectivity index (χ1n) is 20.4. The van der Waals surface area contributed by atoms with Gasteiger partial charge in [0.15, 0.2) is 9.84 Å². The van der Waals surface area contributed by atoms with Gasteiger partial charge >= 0.3 is 0 Å². The predicted molar refractivity (Wildman–Crippen MR) is 231 cm³/mol. The minimum Gasteiger partial charge on any atom is -0.395 e. The molecule has 60 heavy (non-hydrogen) atoms. The van der Waals surface area contributed by atoms with E-state index in [-0.39, 0.29) is 30.3 Å². The van der Waals surface area contributed by atoms with Crippen molar-refractivity contribution in [3.05, 3.63) is 167 Å². The molecule has 10 rings (SSSR count). The number of benzene rings is 4. The first kappa shape index (κ1) is 40.3. The van der Waals surface area contributed by atoms with E-state index < -0.39 is 20.5 Å². The molecule has 8 nitrogen and oxygen atoms in total. The number of rotatable bonds is 8. The third kappa shape index (κ3) is 7.59. The highest BCUT2D eigenvalue weighted by Gasteiger charge is 2.47. The lowest BCUT2D eigenvalue weighted by molar-refractivity contribution is 0.130. The Morgan fingerprint density at radius 2 is 1.13 bits per heavy atom. The average molecular weight is 845 g/mol. The van der Waals surface area contributed by atoms with Gasteiger partial charge in [-0.15, -0.1) is 11.8 Å². The van der Waals surface area contributed by atoms with Gasteiger partial charge in [-0.05, 0) is 147 Å². The number of halogens is 2. The second-order valence-electron chi connectivity index (χ2n) is 16.5. The van der Waals surface area contributed by atoms with E-state index in [2.05, 4.69) is 40.5 Å². The second-order valence-corrected chi connectivity index (χ2v) is 20.1. The Balaban J connectivity index is 0.000000154. The maximum atomic E-state index is 13.3. The van der Waals surface area contributed by atoms with Crippen LogP contribution in [0.25, 0.3) is 23.5 Å². The number of hydrogen-bond donors (Lipinski definition) is 2. The Labute approximate surface area is 353 Å². The zero-order chi connectivity index (χ0) is 41.5. The Morgan fingerprint density at radius 1 is 0.650 bits per heavy atom. The molecule has 12 heteroatoms. The summed E-state index contributed by atoms with van der Waals surface area (Å²) >= 11 is 1.92. The third-order valence-electron chi connectivity index (χ3n) is 12.8. The Kier molecular flexibility index (Phi) is 11.0. The number of nitrogens with zero attached hydrogens (tertiary/aromatic N) is 4. The molecule has 2 heterocycles. The van der Waals surface area contributed by atoms with Gasteiger partial charge in [0.1, 0.15) is 11.6 Å². The van der Waals surface area contributed by atoms with Gasteiger partial charge in [0.05, 0.1) is 58.5 Å². The van der Waals surface area contributed by atoms with Gasteiger partial charge in [-0.25, -0.2) is 26.6 Å². The number of sulfone groups is 1. The molecule has 2 aromatic heterocycles. The monoisotopic (exact) mass is 844 g/mol. The van der Waals surface area contributed by atoms with E-state index in [1.165, 1.54) is 34.7 Å². The van der Waals surface area contributed by atoms with Crippen LogP contribution < -0.4 is 0 Å². The van der Waals surface area contributed by atoms with Crippen molar-refractivity contribution in [2.75, 3.05) is 13.2 Å². The molecule has 0 aliphatic heterocycles. The molecule has 0 bridgehead atoms. The van der Waals surface area contributed by atoms with Crippen molar-refractivity contribution in [1.29, 1.82) is 0 Å². The van der Waals surface area contributed by atoms with E-state index in [0.29, 0.717) is 35.8 Å². The molecule has 6 aromatic rings. The van der Waals surface area contributed by atoms with Crippen molar-refractivity contribution >= 4 is 33.8 Å². The summed E-state index contributed by atoms with van der Waals surface area (Å²) in [6.07, 6.45) is 13.8. The molecule has 2 fully saturated rings. The van der Waals surface area contributed by atoms with Crippen LogP contribution >= 0.6 is 11.8 Å². The first-order valence-corrected chi connectivity index (χ1v) is 22.8. The molecule has 4 aliphatic rings.